The summed E-state index contributed by atoms with van der Waals surface area (Å²) in [7, 11) is 0. The first-order valence-electron chi connectivity index (χ1n) is 8.12. The smallest absolute Gasteiger partial charge is 0.278 e. The zero-order chi connectivity index (χ0) is 19.0. The van der Waals surface area contributed by atoms with E-state index in [4.69, 9.17) is 0 Å². The SMILES string of the molecule is Cc1[nH]n(-c2ccc(F)cc2)c(=O)c1C=C(C#N)c1nc2ccccc2s1. The predicted molar refractivity (Wildman–Crippen MR) is 104 cm³/mol. The van der Waals surface area contributed by atoms with E-state index < -0.39 is 0 Å². The number of nitrogens with zero attached hydrogens (tertiary/aromatic N) is 3. The van der Waals surface area contributed by atoms with E-state index in [9.17, 15) is 14.4 Å². The second-order valence-corrected chi connectivity index (χ2v) is 6.95. The Balaban J connectivity index is 1.81. The highest BCUT2D eigenvalue weighted by Crippen LogP contribution is 2.28. The molecule has 0 aliphatic carbocycles. The minimum Gasteiger partial charge on any atom is -0.295 e. The van der Waals surface area contributed by atoms with Crippen molar-refractivity contribution in [2.24, 2.45) is 0 Å². The zero-order valence-corrected chi connectivity index (χ0v) is 15.0. The number of nitrogens with one attached hydrogen (secondary N) is 1. The Kier molecular flexibility index (Phi) is 4.18. The number of benzene rings is 2. The fraction of sp³-hybridized carbons (Fsp3) is 0.0500. The van der Waals surface area contributed by atoms with Crippen LogP contribution in [0.5, 0.6) is 0 Å². The van der Waals surface area contributed by atoms with Gasteiger partial charge in [-0.15, -0.1) is 11.3 Å². The molecular weight excluding hydrogens is 363 g/mol. The van der Waals surface area contributed by atoms with E-state index in [2.05, 4.69) is 16.2 Å². The molecule has 2 heterocycles. The third kappa shape index (κ3) is 3.07. The van der Waals surface area contributed by atoms with Crippen molar-refractivity contribution >= 4 is 33.2 Å². The Morgan fingerprint density at radius 2 is 2.00 bits per heavy atom. The summed E-state index contributed by atoms with van der Waals surface area (Å²) in [5.74, 6) is -0.377. The zero-order valence-electron chi connectivity index (χ0n) is 14.2. The van der Waals surface area contributed by atoms with E-state index in [-0.39, 0.29) is 11.4 Å². The number of hydrogen-bond acceptors (Lipinski definition) is 4. The van der Waals surface area contributed by atoms with Crippen LogP contribution in [0.4, 0.5) is 4.39 Å². The first-order valence-corrected chi connectivity index (χ1v) is 8.94. The summed E-state index contributed by atoms with van der Waals surface area (Å²) >= 11 is 1.40. The van der Waals surface area contributed by atoms with E-state index in [0.717, 1.165) is 10.2 Å². The van der Waals surface area contributed by atoms with E-state index in [0.29, 0.717) is 27.5 Å². The van der Waals surface area contributed by atoms with Crippen LogP contribution in [0.3, 0.4) is 0 Å². The average Bonchev–Trinajstić information content (AvgIpc) is 3.22. The number of thiazole rings is 1. The largest absolute Gasteiger partial charge is 0.295 e. The molecule has 1 N–H and O–H groups in total. The molecule has 5 nitrogen and oxygen atoms in total. The van der Waals surface area contributed by atoms with Crippen LogP contribution < -0.4 is 5.56 Å². The maximum atomic E-state index is 13.1. The lowest BCUT2D eigenvalue weighted by atomic mass is 10.1. The van der Waals surface area contributed by atoms with Gasteiger partial charge in [0.05, 0.1) is 27.0 Å². The molecule has 4 rings (SSSR count). The van der Waals surface area contributed by atoms with Crippen molar-refractivity contribution in [3.05, 3.63) is 81.0 Å². The van der Waals surface area contributed by atoms with Gasteiger partial charge in [-0.3, -0.25) is 9.89 Å². The van der Waals surface area contributed by atoms with Gasteiger partial charge in [-0.05, 0) is 49.4 Å². The number of H-pyrrole nitrogens is 1. The number of aromatic nitrogens is 3. The van der Waals surface area contributed by atoms with Crippen LogP contribution in [0.25, 0.3) is 27.6 Å². The molecule has 0 spiro atoms. The number of nitriles is 1. The van der Waals surface area contributed by atoms with Crippen LogP contribution in [0.2, 0.25) is 0 Å². The normalized spacial score (nSPS) is 11.7. The first-order chi connectivity index (χ1) is 13.1. The van der Waals surface area contributed by atoms with Crippen LogP contribution >= 0.6 is 11.3 Å². The summed E-state index contributed by atoms with van der Waals surface area (Å²) in [6.45, 7) is 1.75. The van der Waals surface area contributed by atoms with Gasteiger partial charge in [0, 0.05) is 5.69 Å². The molecule has 0 aliphatic rings. The monoisotopic (exact) mass is 376 g/mol. The average molecular weight is 376 g/mol. The molecule has 0 unspecified atom stereocenters. The van der Waals surface area contributed by atoms with Crippen molar-refractivity contribution < 1.29 is 4.39 Å². The fourth-order valence-electron chi connectivity index (χ4n) is 2.78. The van der Waals surface area contributed by atoms with E-state index in [1.807, 2.05) is 24.3 Å². The predicted octanol–water partition coefficient (Wildman–Crippen LogP) is 4.29. The summed E-state index contributed by atoms with van der Waals surface area (Å²) in [5.41, 5.74) is 2.32. The topological polar surface area (TPSA) is 74.5 Å². The molecule has 0 fully saturated rings. The fourth-order valence-corrected chi connectivity index (χ4v) is 3.71. The van der Waals surface area contributed by atoms with Crippen molar-refractivity contribution in [2.75, 3.05) is 0 Å². The number of halogens is 1. The van der Waals surface area contributed by atoms with Crippen LogP contribution in [-0.2, 0) is 0 Å². The molecule has 0 radical (unpaired) electrons. The molecule has 0 bridgehead atoms. The highest BCUT2D eigenvalue weighted by Gasteiger charge is 2.14. The van der Waals surface area contributed by atoms with Crippen molar-refractivity contribution in [2.45, 2.75) is 6.92 Å². The molecule has 2 aromatic heterocycles. The molecule has 0 saturated carbocycles. The van der Waals surface area contributed by atoms with Crippen LogP contribution in [0.1, 0.15) is 16.3 Å². The Hall–Kier alpha value is -3.50. The number of hydrogen-bond donors (Lipinski definition) is 1. The second-order valence-electron chi connectivity index (χ2n) is 5.92. The van der Waals surface area contributed by atoms with Gasteiger partial charge in [0.15, 0.2) is 0 Å². The summed E-state index contributed by atoms with van der Waals surface area (Å²) < 4.78 is 15.4. The van der Waals surface area contributed by atoms with E-state index in [1.54, 1.807) is 13.0 Å². The summed E-state index contributed by atoms with van der Waals surface area (Å²) in [6, 6.07) is 15.4. The van der Waals surface area contributed by atoms with Gasteiger partial charge < -0.3 is 0 Å². The third-order valence-electron chi connectivity index (χ3n) is 4.14. The van der Waals surface area contributed by atoms with Gasteiger partial charge in [0.2, 0.25) is 0 Å². The van der Waals surface area contributed by atoms with Crippen LogP contribution in [0.15, 0.2) is 53.3 Å². The lowest BCUT2D eigenvalue weighted by molar-refractivity contribution is 0.627. The molecular formula is C20H13FN4OS. The number of allylic oxidation sites excluding steroid dienone is 1. The molecule has 4 aromatic rings. The van der Waals surface area contributed by atoms with Crippen molar-refractivity contribution in [3.63, 3.8) is 0 Å². The van der Waals surface area contributed by atoms with Gasteiger partial charge in [0.25, 0.3) is 5.56 Å². The van der Waals surface area contributed by atoms with Crippen molar-refractivity contribution in [1.29, 1.82) is 5.26 Å². The van der Waals surface area contributed by atoms with Gasteiger partial charge in [0.1, 0.15) is 16.9 Å². The minimum absolute atomic E-state index is 0.312. The Bertz CT molecular complexity index is 1240. The Labute approximate surface area is 157 Å². The summed E-state index contributed by atoms with van der Waals surface area (Å²) in [6.07, 6.45) is 1.55. The maximum Gasteiger partial charge on any atom is 0.278 e. The van der Waals surface area contributed by atoms with E-state index in [1.165, 1.54) is 40.3 Å². The molecule has 0 saturated heterocycles. The van der Waals surface area contributed by atoms with E-state index >= 15 is 0 Å². The molecule has 2 aromatic carbocycles. The third-order valence-corrected chi connectivity index (χ3v) is 5.20. The molecule has 132 valence electrons. The Morgan fingerprint density at radius 1 is 1.26 bits per heavy atom. The van der Waals surface area contributed by atoms with Gasteiger partial charge in [-0.1, -0.05) is 12.1 Å². The summed E-state index contributed by atoms with van der Waals surface area (Å²) in [5, 5.41) is 13.1. The summed E-state index contributed by atoms with van der Waals surface area (Å²) in [4.78, 5) is 17.3. The quantitative estimate of drug-likeness (QED) is 0.542. The second kappa shape index (κ2) is 6.67. The molecule has 0 aliphatic heterocycles. The van der Waals surface area contributed by atoms with Gasteiger partial charge >= 0.3 is 0 Å². The Morgan fingerprint density at radius 3 is 2.70 bits per heavy atom. The van der Waals surface area contributed by atoms with Gasteiger partial charge in [-0.2, -0.15) is 5.26 Å². The lowest BCUT2D eigenvalue weighted by Gasteiger charge is -2.00. The number of aromatic amines is 1. The molecule has 0 atom stereocenters. The maximum absolute atomic E-state index is 13.1. The number of fused-ring (bicyclic) bond motifs is 1. The molecule has 27 heavy (non-hydrogen) atoms. The standard InChI is InChI=1S/C20H13FN4OS/c1-12-16(20(26)25(24-12)15-8-6-14(21)7-9-15)10-13(11-22)19-23-17-4-2-3-5-18(17)27-19/h2-10,24H,1H3. The highest BCUT2D eigenvalue weighted by molar-refractivity contribution is 7.19. The number of para-hydroxylation sites is 1. The minimum atomic E-state index is -0.377. The number of rotatable bonds is 3. The lowest BCUT2D eigenvalue weighted by Crippen LogP contribution is -2.15. The van der Waals surface area contributed by atoms with Crippen LogP contribution in [0, 0.1) is 24.1 Å². The van der Waals surface area contributed by atoms with Crippen molar-refractivity contribution in [3.8, 4) is 11.8 Å². The highest BCUT2D eigenvalue weighted by atomic mass is 32.1. The molecule has 7 heteroatoms. The van der Waals surface area contributed by atoms with Crippen molar-refractivity contribution in [1.82, 2.24) is 14.8 Å². The molecule has 0 amide bonds. The van der Waals surface area contributed by atoms with Gasteiger partial charge in [-0.25, -0.2) is 14.1 Å². The number of aryl methyl sites for hydroxylation is 1. The van der Waals surface area contributed by atoms with Crippen LogP contribution in [-0.4, -0.2) is 14.8 Å². The first kappa shape index (κ1) is 16.9.